The second kappa shape index (κ2) is 8.89. The van der Waals surface area contributed by atoms with Crippen LogP contribution in [0.4, 0.5) is 0 Å². The second-order valence-electron chi connectivity index (χ2n) is 6.41. The van der Waals surface area contributed by atoms with Gasteiger partial charge >= 0.3 is 0 Å². The number of amides is 1. The molecule has 1 amide bonds. The fourth-order valence-corrected chi connectivity index (χ4v) is 2.40. The van der Waals surface area contributed by atoms with Crippen LogP contribution in [0.15, 0.2) is 24.3 Å². The zero-order chi connectivity index (χ0) is 16.7. The van der Waals surface area contributed by atoms with Crippen molar-refractivity contribution in [3.05, 3.63) is 29.8 Å². The van der Waals surface area contributed by atoms with Crippen molar-refractivity contribution < 1.29 is 14.3 Å². The molecule has 5 nitrogen and oxygen atoms in total. The first kappa shape index (κ1) is 17.8. The molecule has 1 aliphatic heterocycles. The van der Waals surface area contributed by atoms with Gasteiger partial charge in [0.2, 0.25) is 5.91 Å². The zero-order valence-corrected chi connectivity index (χ0v) is 14.3. The monoisotopic (exact) mass is 320 g/mol. The summed E-state index contributed by atoms with van der Waals surface area (Å²) in [6, 6.07) is 7.61. The van der Waals surface area contributed by atoms with Crippen LogP contribution in [0.25, 0.3) is 0 Å². The van der Waals surface area contributed by atoms with E-state index >= 15 is 0 Å². The lowest BCUT2D eigenvalue weighted by atomic mass is 10.1. The van der Waals surface area contributed by atoms with Crippen LogP contribution in [0.5, 0.6) is 5.75 Å². The minimum Gasteiger partial charge on any atom is -0.494 e. The molecule has 1 saturated heterocycles. The quantitative estimate of drug-likeness (QED) is 0.809. The smallest absolute Gasteiger partial charge is 0.240 e. The Labute approximate surface area is 138 Å². The van der Waals surface area contributed by atoms with Crippen LogP contribution < -0.4 is 15.4 Å². The van der Waals surface area contributed by atoms with E-state index < -0.39 is 0 Å². The van der Waals surface area contributed by atoms with E-state index in [9.17, 15) is 4.79 Å². The van der Waals surface area contributed by atoms with E-state index in [2.05, 4.69) is 24.5 Å². The van der Waals surface area contributed by atoms with Crippen molar-refractivity contribution >= 4 is 5.91 Å². The summed E-state index contributed by atoms with van der Waals surface area (Å²) in [4.78, 5) is 12.2. The molecule has 0 radical (unpaired) electrons. The minimum absolute atomic E-state index is 0.0190. The lowest BCUT2D eigenvalue weighted by Gasteiger charge is -2.25. The number of ether oxygens (including phenoxy) is 2. The van der Waals surface area contributed by atoms with Crippen molar-refractivity contribution in [1.82, 2.24) is 10.6 Å². The largest absolute Gasteiger partial charge is 0.494 e. The molecule has 128 valence electrons. The number of hydrogen-bond donors (Lipinski definition) is 2. The van der Waals surface area contributed by atoms with Crippen LogP contribution in [-0.2, 0) is 9.53 Å². The van der Waals surface area contributed by atoms with E-state index in [1.165, 1.54) is 0 Å². The van der Waals surface area contributed by atoms with Crippen molar-refractivity contribution in [1.29, 1.82) is 0 Å². The Balaban J connectivity index is 1.82. The van der Waals surface area contributed by atoms with E-state index in [1.54, 1.807) is 0 Å². The van der Waals surface area contributed by atoms with Crippen molar-refractivity contribution in [2.24, 2.45) is 5.92 Å². The molecule has 2 atom stereocenters. The normalized spacial score (nSPS) is 19.4. The molecule has 1 aromatic carbocycles. The fraction of sp³-hybridized carbons (Fsp3) is 0.611. The fourth-order valence-electron chi connectivity index (χ4n) is 2.40. The van der Waals surface area contributed by atoms with Crippen LogP contribution in [0.3, 0.4) is 0 Å². The molecule has 0 aliphatic carbocycles. The highest BCUT2D eigenvalue weighted by molar-refractivity contribution is 5.82. The lowest BCUT2D eigenvalue weighted by molar-refractivity contribution is -0.126. The number of nitrogens with one attached hydrogen (secondary N) is 2. The Bertz CT molecular complexity index is 482. The van der Waals surface area contributed by atoms with Gasteiger partial charge in [0.05, 0.1) is 25.9 Å². The first-order valence-electron chi connectivity index (χ1n) is 8.40. The molecule has 0 aromatic heterocycles. The highest BCUT2D eigenvalue weighted by Gasteiger charge is 2.22. The summed E-state index contributed by atoms with van der Waals surface area (Å²) in [5, 5.41) is 6.18. The Morgan fingerprint density at radius 1 is 1.35 bits per heavy atom. The topological polar surface area (TPSA) is 59.6 Å². The van der Waals surface area contributed by atoms with Crippen LogP contribution in [0, 0.1) is 5.92 Å². The number of carbonyl (C=O) groups excluding carboxylic acids is 1. The number of rotatable bonds is 7. The summed E-state index contributed by atoms with van der Waals surface area (Å²) in [5.74, 6) is 1.49. The molecular weight excluding hydrogens is 292 g/mol. The Kier molecular flexibility index (Phi) is 6.86. The van der Waals surface area contributed by atoms with Gasteiger partial charge in [-0.15, -0.1) is 0 Å². The highest BCUT2D eigenvalue weighted by atomic mass is 16.5. The van der Waals surface area contributed by atoms with E-state index in [0.717, 1.165) is 30.9 Å². The van der Waals surface area contributed by atoms with Gasteiger partial charge in [0.15, 0.2) is 0 Å². The molecule has 1 heterocycles. The lowest BCUT2D eigenvalue weighted by Crippen LogP contribution is -2.51. The van der Waals surface area contributed by atoms with Crippen LogP contribution in [0.1, 0.15) is 38.8 Å². The Morgan fingerprint density at radius 3 is 2.70 bits per heavy atom. The highest BCUT2D eigenvalue weighted by Crippen LogP contribution is 2.18. The van der Waals surface area contributed by atoms with Gasteiger partial charge in [-0.1, -0.05) is 26.0 Å². The first-order valence-corrected chi connectivity index (χ1v) is 8.40. The van der Waals surface area contributed by atoms with Gasteiger partial charge < -0.3 is 20.1 Å². The summed E-state index contributed by atoms with van der Waals surface area (Å²) in [6.45, 7) is 8.90. The predicted octanol–water partition coefficient (Wildman–Crippen LogP) is 2.28. The molecule has 5 heteroatoms. The summed E-state index contributed by atoms with van der Waals surface area (Å²) < 4.78 is 11.0. The maximum atomic E-state index is 12.2. The third-order valence-corrected chi connectivity index (χ3v) is 3.94. The molecule has 1 aromatic rings. The van der Waals surface area contributed by atoms with E-state index in [0.29, 0.717) is 19.1 Å². The number of carbonyl (C=O) groups is 1. The molecule has 1 aliphatic rings. The van der Waals surface area contributed by atoms with E-state index in [-0.39, 0.29) is 18.0 Å². The van der Waals surface area contributed by atoms with Gasteiger partial charge in [-0.05, 0) is 37.0 Å². The average Bonchev–Trinajstić information content (AvgIpc) is 2.56. The maximum Gasteiger partial charge on any atom is 0.240 e. The summed E-state index contributed by atoms with van der Waals surface area (Å²) in [7, 11) is 0. The molecule has 1 fully saturated rings. The summed E-state index contributed by atoms with van der Waals surface area (Å²) in [5.41, 5.74) is 1.06. The van der Waals surface area contributed by atoms with Crippen molar-refractivity contribution in [2.45, 2.75) is 39.3 Å². The van der Waals surface area contributed by atoms with E-state index in [1.807, 2.05) is 31.2 Å². The van der Waals surface area contributed by atoms with Gasteiger partial charge in [0, 0.05) is 6.54 Å². The molecule has 23 heavy (non-hydrogen) atoms. The van der Waals surface area contributed by atoms with Crippen LogP contribution >= 0.6 is 0 Å². The van der Waals surface area contributed by atoms with Gasteiger partial charge in [-0.3, -0.25) is 4.79 Å². The van der Waals surface area contributed by atoms with Crippen molar-refractivity contribution in [2.75, 3.05) is 26.4 Å². The minimum atomic E-state index is -0.259. The Morgan fingerprint density at radius 2 is 2.09 bits per heavy atom. The number of morpholine rings is 1. The number of hydrogen-bond acceptors (Lipinski definition) is 4. The molecule has 2 N–H and O–H groups in total. The zero-order valence-electron chi connectivity index (χ0n) is 14.3. The van der Waals surface area contributed by atoms with Crippen LogP contribution in [0.2, 0.25) is 0 Å². The molecule has 0 spiro atoms. The van der Waals surface area contributed by atoms with Gasteiger partial charge in [0.1, 0.15) is 11.8 Å². The summed E-state index contributed by atoms with van der Waals surface area (Å²) >= 11 is 0. The second-order valence-corrected chi connectivity index (χ2v) is 6.41. The first-order chi connectivity index (χ1) is 11.1. The molecule has 2 rings (SSSR count). The molecule has 0 saturated carbocycles. The van der Waals surface area contributed by atoms with Crippen molar-refractivity contribution in [3.8, 4) is 5.75 Å². The van der Waals surface area contributed by atoms with Crippen molar-refractivity contribution in [3.63, 3.8) is 0 Å². The predicted molar refractivity (Wildman–Crippen MR) is 90.6 cm³/mol. The molecule has 0 bridgehead atoms. The van der Waals surface area contributed by atoms with Gasteiger partial charge in [-0.2, -0.15) is 0 Å². The van der Waals surface area contributed by atoms with E-state index in [4.69, 9.17) is 9.47 Å². The maximum absolute atomic E-state index is 12.2. The Hall–Kier alpha value is -1.59. The summed E-state index contributed by atoms with van der Waals surface area (Å²) in [6.07, 6.45) is 1.05. The SMILES string of the molecule is CC(C)CCOc1ccc([C@H](C)NC(=O)[C@@H]2COCCN2)cc1. The third kappa shape index (κ3) is 5.84. The van der Waals surface area contributed by atoms with Gasteiger partial charge in [-0.25, -0.2) is 0 Å². The molecular formula is C18H28N2O3. The van der Waals surface area contributed by atoms with Crippen LogP contribution in [-0.4, -0.2) is 38.3 Å². The standard InChI is InChI=1S/C18H28N2O3/c1-13(2)8-10-23-16-6-4-15(5-7-16)14(3)20-18(21)17-12-22-11-9-19-17/h4-7,13-14,17,19H,8-12H2,1-3H3,(H,20,21)/t14-,17-/m0/s1. The third-order valence-electron chi connectivity index (χ3n) is 3.94. The van der Waals surface area contributed by atoms with Gasteiger partial charge in [0.25, 0.3) is 0 Å². The number of benzene rings is 1. The average molecular weight is 320 g/mol. The molecule has 0 unspecified atom stereocenters.